The van der Waals surface area contributed by atoms with Crippen LogP contribution in [0.4, 0.5) is 0 Å². The first-order chi connectivity index (χ1) is 9.13. The zero-order valence-electron chi connectivity index (χ0n) is 11.9. The summed E-state index contributed by atoms with van der Waals surface area (Å²) >= 11 is 0. The first kappa shape index (κ1) is 14.5. The summed E-state index contributed by atoms with van der Waals surface area (Å²) in [5.41, 5.74) is 3.29. The molecule has 1 heterocycles. The third-order valence-electron chi connectivity index (χ3n) is 4.11. The van der Waals surface area contributed by atoms with Crippen LogP contribution in [-0.2, 0) is 13.1 Å². The second-order valence-corrected chi connectivity index (χ2v) is 5.44. The van der Waals surface area contributed by atoms with Crippen molar-refractivity contribution in [3.05, 3.63) is 17.0 Å². The molecule has 0 amide bonds. The Morgan fingerprint density at radius 1 is 1.32 bits per heavy atom. The number of nitrogens with zero attached hydrogens (tertiary/aromatic N) is 2. The van der Waals surface area contributed by atoms with E-state index < -0.39 is 0 Å². The highest BCUT2D eigenvalue weighted by Gasteiger charge is 2.23. The average molecular weight is 267 g/mol. The maximum absolute atomic E-state index is 9.96. The lowest BCUT2D eigenvalue weighted by Gasteiger charge is -2.28. The van der Waals surface area contributed by atoms with Crippen molar-refractivity contribution in [1.82, 2.24) is 15.1 Å². The zero-order valence-corrected chi connectivity index (χ0v) is 11.9. The summed E-state index contributed by atoms with van der Waals surface area (Å²) < 4.78 is 1.85. The fraction of sp³-hybridized carbons (Fsp3) is 0.786. The van der Waals surface area contributed by atoms with E-state index in [2.05, 4.69) is 10.4 Å². The topological polar surface area (TPSA) is 70.3 Å². The van der Waals surface area contributed by atoms with E-state index in [1.165, 1.54) is 12.0 Å². The second kappa shape index (κ2) is 6.50. The van der Waals surface area contributed by atoms with Crippen LogP contribution in [-0.4, -0.2) is 38.7 Å². The van der Waals surface area contributed by atoms with Gasteiger partial charge in [0, 0.05) is 23.8 Å². The Morgan fingerprint density at radius 2 is 2.05 bits per heavy atom. The van der Waals surface area contributed by atoms with Crippen molar-refractivity contribution in [2.24, 2.45) is 0 Å². The molecular weight excluding hydrogens is 242 g/mol. The molecule has 0 bridgehead atoms. The Labute approximate surface area is 114 Å². The fourth-order valence-electron chi connectivity index (χ4n) is 2.88. The zero-order chi connectivity index (χ0) is 13.8. The van der Waals surface area contributed by atoms with Crippen LogP contribution in [0.5, 0.6) is 0 Å². The van der Waals surface area contributed by atoms with Crippen LogP contribution in [0.3, 0.4) is 0 Å². The van der Waals surface area contributed by atoms with Crippen LogP contribution in [0.1, 0.15) is 42.6 Å². The highest BCUT2D eigenvalue weighted by atomic mass is 16.3. The van der Waals surface area contributed by atoms with Crippen LogP contribution in [0.25, 0.3) is 0 Å². The number of hydrogen-bond acceptors (Lipinski definition) is 4. The lowest BCUT2D eigenvalue weighted by atomic mass is 9.92. The first-order valence-corrected chi connectivity index (χ1v) is 7.18. The predicted molar refractivity (Wildman–Crippen MR) is 73.9 cm³/mol. The van der Waals surface area contributed by atoms with E-state index in [4.69, 9.17) is 5.11 Å². The molecule has 3 N–H and O–H groups in total. The van der Waals surface area contributed by atoms with Gasteiger partial charge in [0.25, 0.3) is 0 Å². The van der Waals surface area contributed by atoms with Crippen molar-refractivity contribution in [1.29, 1.82) is 0 Å². The van der Waals surface area contributed by atoms with E-state index in [1.54, 1.807) is 0 Å². The first-order valence-electron chi connectivity index (χ1n) is 7.18. The summed E-state index contributed by atoms with van der Waals surface area (Å²) in [7, 11) is 0. The molecule has 108 valence electrons. The molecule has 0 aromatic carbocycles. The van der Waals surface area contributed by atoms with Gasteiger partial charge >= 0.3 is 0 Å². The quantitative estimate of drug-likeness (QED) is 0.741. The minimum Gasteiger partial charge on any atom is -0.394 e. The third kappa shape index (κ3) is 3.35. The molecule has 2 rings (SSSR count). The Morgan fingerprint density at radius 3 is 2.74 bits per heavy atom. The minimum atomic E-state index is -0.221. The predicted octanol–water partition coefficient (Wildman–Crippen LogP) is 0.885. The summed E-state index contributed by atoms with van der Waals surface area (Å²) in [4.78, 5) is 0. The van der Waals surface area contributed by atoms with Gasteiger partial charge in [0.2, 0.25) is 0 Å². The van der Waals surface area contributed by atoms with Gasteiger partial charge in [-0.3, -0.25) is 4.68 Å². The maximum Gasteiger partial charge on any atom is 0.0693 e. The summed E-state index contributed by atoms with van der Waals surface area (Å²) in [6.45, 7) is 5.42. The normalized spacial score (nSPS) is 23.8. The molecule has 0 aliphatic heterocycles. The van der Waals surface area contributed by atoms with E-state index in [1.807, 2.05) is 18.5 Å². The molecule has 0 spiro atoms. The van der Waals surface area contributed by atoms with Gasteiger partial charge in [-0.1, -0.05) is 12.8 Å². The van der Waals surface area contributed by atoms with Crippen molar-refractivity contribution in [3.8, 4) is 0 Å². The van der Waals surface area contributed by atoms with Crippen molar-refractivity contribution < 1.29 is 10.2 Å². The van der Waals surface area contributed by atoms with Crippen LogP contribution >= 0.6 is 0 Å². The standard InChI is InChI=1S/C14H25N3O2/c1-10-12(11(2)17(16-10)7-8-18)9-15-13-5-3-4-6-14(13)19/h13-15,18-19H,3-9H2,1-2H3. The molecule has 5 heteroatoms. The maximum atomic E-state index is 9.96. The summed E-state index contributed by atoms with van der Waals surface area (Å²) in [5.74, 6) is 0. The van der Waals surface area contributed by atoms with Gasteiger partial charge < -0.3 is 15.5 Å². The van der Waals surface area contributed by atoms with E-state index in [9.17, 15) is 5.11 Å². The molecule has 1 saturated carbocycles. The van der Waals surface area contributed by atoms with Crippen LogP contribution in [0.2, 0.25) is 0 Å². The molecule has 2 unspecified atom stereocenters. The Balaban J connectivity index is 1.98. The lowest BCUT2D eigenvalue weighted by molar-refractivity contribution is 0.0902. The van der Waals surface area contributed by atoms with Crippen LogP contribution in [0, 0.1) is 13.8 Å². The highest BCUT2D eigenvalue weighted by molar-refractivity contribution is 5.24. The molecule has 1 aromatic rings. The largest absolute Gasteiger partial charge is 0.394 e. The average Bonchev–Trinajstić information content (AvgIpc) is 2.65. The SMILES string of the molecule is Cc1nn(CCO)c(C)c1CNC1CCCCC1O. The van der Waals surface area contributed by atoms with E-state index in [0.29, 0.717) is 6.54 Å². The Hall–Kier alpha value is -0.910. The number of aliphatic hydroxyl groups is 2. The minimum absolute atomic E-state index is 0.107. The Kier molecular flexibility index (Phi) is 4.96. The number of aryl methyl sites for hydroxylation is 1. The van der Waals surface area contributed by atoms with Gasteiger partial charge in [-0.2, -0.15) is 5.10 Å². The van der Waals surface area contributed by atoms with Gasteiger partial charge in [-0.25, -0.2) is 0 Å². The van der Waals surface area contributed by atoms with Crippen LogP contribution in [0.15, 0.2) is 0 Å². The number of aliphatic hydroxyl groups excluding tert-OH is 2. The molecule has 1 aromatic heterocycles. The second-order valence-electron chi connectivity index (χ2n) is 5.44. The monoisotopic (exact) mass is 267 g/mol. The Bertz CT molecular complexity index is 417. The number of nitrogens with one attached hydrogen (secondary N) is 1. The van der Waals surface area contributed by atoms with Crippen molar-refractivity contribution >= 4 is 0 Å². The van der Waals surface area contributed by atoms with Crippen molar-refractivity contribution in [2.75, 3.05) is 6.61 Å². The molecular formula is C14H25N3O2. The van der Waals surface area contributed by atoms with Gasteiger partial charge in [0.1, 0.15) is 0 Å². The van der Waals surface area contributed by atoms with E-state index in [0.717, 1.165) is 37.2 Å². The summed E-state index contributed by atoms with van der Waals surface area (Å²) in [6, 6.07) is 0.203. The molecule has 0 radical (unpaired) electrons. The van der Waals surface area contributed by atoms with Gasteiger partial charge in [0.05, 0.1) is 24.9 Å². The molecule has 0 saturated heterocycles. The third-order valence-corrected chi connectivity index (χ3v) is 4.11. The molecule has 5 nitrogen and oxygen atoms in total. The highest BCUT2D eigenvalue weighted by Crippen LogP contribution is 2.20. The van der Waals surface area contributed by atoms with E-state index in [-0.39, 0.29) is 18.8 Å². The number of rotatable bonds is 5. The number of aromatic nitrogens is 2. The van der Waals surface area contributed by atoms with Crippen molar-refractivity contribution in [3.63, 3.8) is 0 Å². The smallest absolute Gasteiger partial charge is 0.0693 e. The molecule has 1 aliphatic carbocycles. The molecule has 1 fully saturated rings. The lowest BCUT2D eigenvalue weighted by Crippen LogP contribution is -2.41. The van der Waals surface area contributed by atoms with E-state index >= 15 is 0 Å². The molecule has 1 aliphatic rings. The summed E-state index contributed by atoms with van der Waals surface area (Å²) in [6.07, 6.45) is 4.05. The fourth-order valence-corrected chi connectivity index (χ4v) is 2.88. The van der Waals surface area contributed by atoms with Crippen molar-refractivity contribution in [2.45, 2.75) is 64.8 Å². The van der Waals surface area contributed by atoms with Gasteiger partial charge in [-0.05, 0) is 26.7 Å². The van der Waals surface area contributed by atoms with Gasteiger partial charge in [-0.15, -0.1) is 0 Å². The summed E-state index contributed by atoms with van der Waals surface area (Å²) in [5, 5.41) is 26.9. The molecule has 2 atom stereocenters. The number of hydrogen-bond donors (Lipinski definition) is 3. The molecule has 19 heavy (non-hydrogen) atoms. The van der Waals surface area contributed by atoms with Gasteiger partial charge in [0.15, 0.2) is 0 Å². The van der Waals surface area contributed by atoms with Crippen LogP contribution < -0.4 is 5.32 Å².